The Bertz CT molecular complexity index is 1190. The fourth-order valence-corrected chi connectivity index (χ4v) is 7.20. The number of hydrogen-bond acceptors (Lipinski definition) is 5. The Kier molecular flexibility index (Phi) is 2.92. The second-order valence-electron chi connectivity index (χ2n) is 9.31. The first-order valence-corrected chi connectivity index (χ1v) is 9.99. The maximum atomic E-state index is 12.7. The number of aromatic nitrogens is 1. The lowest BCUT2D eigenvalue weighted by Crippen LogP contribution is -2.65. The van der Waals surface area contributed by atoms with Crippen LogP contribution in [0.5, 0.6) is 5.75 Å². The van der Waals surface area contributed by atoms with Crippen LogP contribution in [0, 0.1) is 5.92 Å². The van der Waals surface area contributed by atoms with Crippen LogP contribution < -0.4 is 11.3 Å². The van der Waals surface area contributed by atoms with Crippen molar-refractivity contribution in [2.24, 2.45) is 18.7 Å². The van der Waals surface area contributed by atoms with E-state index in [0.717, 1.165) is 28.8 Å². The minimum absolute atomic E-state index is 0.00413. The van der Waals surface area contributed by atoms with Crippen LogP contribution >= 0.6 is 0 Å². The van der Waals surface area contributed by atoms with E-state index < -0.39 is 22.5 Å². The maximum Gasteiger partial charge on any atom is 0.263 e. The molecule has 6 rings (SSSR count). The highest BCUT2D eigenvalue weighted by atomic mass is 16.3. The molecule has 1 saturated heterocycles. The lowest BCUT2D eigenvalue weighted by Gasteiger charge is -2.54. The monoisotopic (exact) mass is 393 g/mol. The molecule has 0 spiro atoms. The third kappa shape index (κ3) is 1.69. The largest absolute Gasteiger partial charge is 0.508 e. The molecule has 3 aliphatic carbocycles. The quantitative estimate of drug-likeness (QED) is 0.648. The molecule has 3 unspecified atom stereocenters. The minimum atomic E-state index is -1.04. The average Bonchev–Trinajstić information content (AvgIpc) is 2.81. The summed E-state index contributed by atoms with van der Waals surface area (Å²) in [6, 6.07) is 7.31. The van der Waals surface area contributed by atoms with E-state index in [1.165, 1.54) is 4.57 Å². The molecule has 150 valence electrons. The van der Waals surface area contributed by atoms with Gasteiger partial charge in [-0.05, 0) is 54.3 Å². The number of hydrogen-bond donors (Lipinski definition) is 3. The van der Waals surface area contributed by atoms with E-state index in [9.17, 15) is 19.8 Å². The molecule has 7 nitrogen and oxygen atoms in total. The molecule has 1 aromatic carbocycles. The number of nitrogens with two attached hydrogens (primary N) is 1. The number of fused-ring (bicyclic) bond motifs is 3. The van der Waals surface area contributed by atoms with Crippen LogP contribution in [-0.4, -0.2) is 44.3 Å². The first kappa shape index (κ1) is 17.2. The van der Waals surface area contributed by atoms with E-state index in [-0.39, 0.29) is 23.4 Å². The van der Waals surface area contributed by atoms with Crippen molar-refractivity contribution >= 4 is 5.91 Å². The Morgan fingerprint density at radius 1 is 1.24 bits per heavy atom. The van der Waals surface area contributed by atoms with Crippen molar-refractivity contribution in [1.29, 1.82) is 0 Å². The lowest BCUT2D eigenvalue weighted by molar-refractivity contribution is -0.127. The summed E-state index contributed by atoms with van der Waals surface area (Å²) < 4.78 is 1.52. The number of aliphatic hydroxyl groups is 1. The van der Waals surface area contributed by atoms with Gasteiger partial charge in [-0.2, -0.15) is 0 Å². The Labute approximate surface area is 167 Å². The number of primary amides is 1. The van der Waals surface area contributed by atoms with Gasteiger partial charge < -0.3 is 20.5 Å². The summed E-state index contributed by atoms with van der Waals surface area (Å²) in [5, 5.41) is 22.4. The number of nitrogens with zero attached hydrogens (tertiary/aromatic N) is 2. The number of rotatable bonds is 1. The summed E-state index contributed by atoms with van der Waals surface area (Å²) in [5.74, 6) is -0.222. The van der Waals surface area contributed by atoms with E-state index >= 15 is 0 Å². The SMILES string of the molecule is CN1C2c3ccc(O)cc3[C@@]34Cc5c(cc(C(N)=O)c(=O)n5C)CC3(O)[C@H]1C2C4. The molecular formula is C22H23N3O4. The molecule has 4 N–H and O–H groups in total. The number of phenolic OH excluding ortho intramolecular Hbond substituents is 1. The second-order valence-corrected chi connectivity index (χ2v) is 9.31. The lowest BCUT2D eigenvalue weighted by atomic mass is 9.59. The number of likely N-dealkylation sites (tertiary alicyclic amines) is 1. The minimum Gasteiger partial charge on any atom is -0.508 e. The molecular weight excluding hydrogens is 370 g/mol. The van der Waals surface area contributed by atoms with Gasteiger partial charge in [-0.3, -0.25) is 14.5 Å². The summed E-state index contributed by atoms with van der Waals surface area (Å²) in [5.41, 5.74) is 7.17. The molecule has 5 atom stereocenters. The number of carbonyl (C=O) groups excluding carboxylic acids is 1. The number of aromatic hydroxyl groups is 1. The van der Waals surface area contributed by atoms with Gasteiger partial charge in [0.05, 0.1) is 5.60 Å². The number of amides is 1. The number of pyridine rings is 1. The van der Waals surface area contributed by atoms with E-state index in [1.807, 2.05) is 13.1 Å². The van der Waals surface area contributed by atoms with Crippen molar-refractivity contribution in [1.82, 2.24) is 9.47 Å². The van der Waals surface area contributed by atoms with Gasteiger partial charge in [0.1, 0.15) is 11.3 Å². The van der Waals surface area contributed by atoms with E-state index in [4.69, 9.17) is 5.73 Å². The van der Waals surface area contributed by atoms with Crippen LogP contribution in [-0.2, 0) is 25.3 Å². The van der Waals surface area contributed by atoms with Crippen molar-refractivity contribution in [3.8, 4) is 5.75 Å². The summed E-state index contributed by atoms with van der Waals surface area (Å²) >= 11 is 0. The summed E-state index contributed by atoms with van der Waals surface area (Å²) in [7, 11) is 3.71. The smallest absolute Gasteiger partial charge is 0.263 e. The highest BCUT2D eigenvalue weighted by Crippen LogP contribution is 2.70. The standard InChI is InChI=1S/C22H23N3O4/c1-24-16-9-21-8-14-17(12-4-3-11(26)6-15(12)21)25(2)18(14)22(21,29)7-10(16)5-13(19(23)27)20(24)28/h3-6,14,17-18,26,29H,7-9H2,1-2H3,(H2,23,27)/t14?,17?,18-,21-,22?/m1/s1. The van der Waals surface area contributed by atoms with Crippen LogP contribution in [0.2, 0.25) is 0 Å². The number of carbonyl (C=O) groups is 1. The summed E-state index contributed by atoms with van der Waals surface area (Å²) in [4.78, 5) is 26.7. The zero-order valence-corrected chi connectivity index (χ0v) is 16.3. The predicted octanol–water partition coefficient (Wildman–Crippen LogP) is 0.346. The van der Waals surface area contributed by atoms with Crippen molar-refractivity contribution in [2.45, 2.75) is 42.4 Å². The molecule has 0 radical (unpaired) electrons. The molecule has 1 saturated carbocycles. The number of phenols is 1. The van der Waals surface area contributed by atoms with Crippen LogP contribution in [0.1, 0.15) is 45.2 Å². The molecule has 2 fully saturated rings. The van der Waals surface area contributed by atoms with Crippen LogP contribution in [0.4, 0.5) is 0 Å². The van der Waals surface area contributed by atoms with Gasteiger partial charge in [-0.1, -0.05) is 6.07 Å². The van der Waals surface area contributed by atoms with Gasteiger partial charge in [-0.15, -0.1) is 0 Å². The maximum absolute atomic E-state index is 12.7. The summed E-state index contributed by atoms with van der Waals surface area (Å²) in [6.07, 6.45) is 1.67. The average molecular weight is 393 g/mol. The van der Waals surface area contributed by atoms with Crippen molar-refractivity contribution in [2.75, 3.05) is 7.05 Å². The fourth-order valence-electron chi connectivity index (χ4n) is 7.20. The first-order chi connectivity index (χ1) is 13.7. The molecule has 4 bridgehead atoms. The number of benzene rings is 1. The molecule has 2 aromatic rings. The fraction of sp³-hybridized carbons (Fsp3) is 0.455. The Morgan fingerprint density at radius 3 is 2.72 bits per heavy atom. The Hall–Kier alpha value is -2.64. The van der Waals surface area contributed by atoms with Crippen LogP contribution in [0.15, 0.2) is 29.1 Å². The first-order valence-electron chi connectivity index (χ1n) is 9.99. The normalized spacial score (nSPS) is 36.0. The van der Waals surface area contributed by atoms with Gasteiger partial charge in [0.2, 0.25) is 0 Å². The van der Waals surface area contributed by atoms with Gasteiger partial charge >= 0.3 is 0 Å². The zero-order chi connectivity index (χ0) is 20.5. The van der Waals surface area contributed by atoms with Crippen molar-refractivity contribution in [3.63, 3.8) is 0 Å². The Morgan fingerprint density at radius 2 is 2.00 bits per heavy atom. The van der Waals surface area contributed by atoms with Gasteiger partial charge in [0, 0.05) is 43.1 Å². The second kappa shape index (κ2) is 4.91. The summed E-state index contributed by atoms with van der Waals surface area (Å²) in [6.45, 7) is 0. The van der Waals surface area contributed by atoms with Gasteiger partial charge in [0.15, 0.2) is 0 Å². The zero-order valence-electron chi connectivity index (χ0n) is 16.3. The van der Waals surface area contributed by atoms with Crippen molar-refractivity contribution < 1.29 is 15.0 Å². The Balaban J connectivity index is 1.65. The molecule has 29 heavy (non-hydrogen) atoms. The van der Waals surface area contributed by atoms with E-state index in [0.29, 0.717) is 18.8 Å². The third-order valence-corrected chi connectivity index (χ3v) is 8.29. The molecule has 1 amide bonds. The van der Waals surface area contributed by atoms with Crippen LogP contribution in [0.25, 0.3) is 0 Å². The molecule has 1 aliphatic heterocycles. The molecule has 7 heteroatoms. The highest BCUT2D eigenvalue weighted by Gasteiger charge is 2.75. The molecule has 1 aromatic heterocycles. The van der Waals surface area contributed by atoms with E-state index in [1.54, 1.807) is 25.2 Å². The van der Waals surface area contributed by atoms with E-state index in [2.05, 4.69) is 4.90 Å². The van der Waals surface area contributed by atoms with Crippen molar-refractivity contribution in [3.05, 3.63) is 62.6 Å². The van der Waals surface area contributed by atoms with Gasteiger partial charge in [0.25, 0.3) is 11.5 Å². The highest BCUT2D eigenvalue weighted by molar-refractivity contribution is 5.92. The topological polar surface area (TPSA) is 109 Å². The number of likely N-dealkylation sites (N-methyl/N-ethyl adjacent to an activating group) is 1. The molecule has 2 heterocycles. The van der Waals surface area contributed by atoms with Crippen LogP contribution in [0.3, 0.4) is 0 Å². The third-order valence-electron chi connectivity index (χ3n) is 8.29. The van der Waals surface area contributed by atoms with Gasteiger partial charge in [-0.25, -0.2) is 0 Å². The molecule has 4 aliphatic rings. The predicted molar refractivity (Wildman–Crippen MR) is 105 cm³/mol.